The standard InChI is InChI=1S/C26H27Cl2N5O5/c1-4-22(34)32-18-12-38-11-17(18)31-21-6-15-13(8-29-21)5-16(33-26(15)30-14-9-37-10-14)23-24(27)19(35-2)7-20(36-3)25(23)28/h4-8,14,17-18H,1,9-12H2,2-3H3,(H,29,31)(H,30,33)(H,32,34). The minimum absolute atomic E-state index is 0.109. The summed E-state index contributed by atoms with van der Waals surface area (Å²) in [6.45, 7) is 5.48. The number of anilines is 2. The van der Waals surface area contributed by atoms with E-state index in [9.17, 15) is 4.79 Å². The van der Waals surface area contributed by atoms with Gasteiger partial charge < -0.3 is 34.9 Å². The minimum Gasteiger partial charge on any atom is -0.495 e. The van der Waals surface area contributed by atoms with Crippen molar-refractivity contribution in [2.75, 3.05) is 51.3 Å². The number of aromatic nitrogens is 2. The van der Waals surface area contributed by atoms with Gasteiger partial charge in [-0.05, 0) is 18.2 Å². The van der Waals surface area contributed by atoms with E-state index in [1.54, 1.807) is 12.3 Å². The van der Waals surface area contributed by atoms with Crippen molar-refractivity contribution >= 4 is 51.5 Å². The monoisotopic (exact) mass is 559 g/mol. The lowest BCUT2D eigenvalue weighted by Crippen LogP contribution is -2.45. The largest absolute Gasteiger partial charge is 0.495 e. The van der Waals surface area contributed by atoms with Gasteiger partial charge in [0.15, 0.2) is 0 Å². The molecule has 12 heteroatoms. The summed E-state index contributed by atoms with van der Waals surface area (Å²) in [6, 6.07) is 5.15. The summed E-state index contributed by atoms with van der Waals surface area (Å²) >= 11 is 13.4. The number of pyridine rings is 2. The minimum atomic E-state index is -0.254. The number of benzene rings is 1. The van der Waals surface area contributed by atoms with Crippen molar-refractivity contribution in [3.63, 3.8) is 0 Å². The maximum absolute atomic E-state index is 11.8. The first-order valence-electron chi connectivity index (χ1n) is 11.9. The average Bonchev–Trinajstić information content (AvgIpc) is 3.32. The smallest absolute Gasteiger partial charge is 0.243 e. The van der Waals surface area contributed by atoms with Crippen LogP contribution in [0.2, 0.25) is 10.0 Å². The van der Waals surface area contributed by atoms with Crippen LogP contribution in [0.1, 0.15) is 0 Å². The number of rotatable bonds is 9. The summed E-state index contributed by atoms with van der Waals surface area (Å²) in [7, 11) is 3.05. The van der Waals surface area contributed by atoms with Crippen LogP contribution in [0.25, 0.3) is 22.0 Å². The van der Waals surface area contributed by atoms with E-state index in [-0.39, 0.29) is 24.0 Å². The molecule has 0 saturated carbocycles. The van der Waals surface area contributed by atoms with Crippen LogP contribution in [-0.2, 0) is 14.3 Å². The number of carbonyl (C=O) groups excluding carboxylic acids is 1. The lowest BCUT2D eigenvalue weighted by Gasteiger charge is -2.28. The molecule has 0 aliphatic carbocycles. The Kier molecular flexibility index (Phi) is 7.75. The summed E-state index contributed by atoms with van der Waals surface area (Å²) < 4.78 is 21.8. The summed E-state index contributed by atoms with van der Waals surface area (Å²) in [6.07, 6.45) is 2.99. The molecule has 0 radical (unpaired) electrons. The molecule has 5 rings (SSSR count). The molecule has 1 amide bonds. The first-order chi connectivity index (χ1) is 18.4. The number of hydrogen-bond acceptors (Lipinski definition) is 9. The third kappa shape index (κ3) is 5.17. The van der Waals surface area contributed by atoms with E-state index in [1.165, 1.54) is 20.3 Å². The molecule has 2 aliphatic rings. The lowest BCUT2D eigenvalue weighted by atomic mass is 10.1. The van der Waals surface area contributed by atoms with Gasteiger partial charge in [-0.3, -0.25) is 4.79 Å². The second-order valence-electron chi connectivity index (χ2n) is 8.92. The van der Waals surface area contributed by atoms with E-state index >= 15 is 0 Å². The van der Waals surface area contributed by atoms with Crippen molar-refractivity contribution in [1.29, 1.82) is 0 Å². The van der Waals surface area contributed by atoms with Gasteiger partial charge in [0.25, 0.3) is 0 Å². The number of ether oxygens (including phenoxy) is 4. The van der Waals surface area contributed by atoms with E-state index < -0.39 is 0 Å². The number of methoxy groups -OCH3 is 2. The van der Waals surface area contributed by atoms with Gasteiger partial charge in [-0.15, -0.1) is 0 Å². The summed E-state index contributed by atoms with van der Waals surface area (Å²) in [4.78, 5) is 21.3. The predicted octanol–water partition coefficient (Wildman–Crippen LogP) is 3.91. The van der Waals surface area contributed by atoms with Crippen LogP contribution in [0.5, 0.6) is 11.5 Å². The van der Waals surface area contributed by atoms with Crippen molar-refractivity contribution in [2.24, 2.45) is 0 Å². The molecule has 0 spiro atoms. The van der Waals surface area contributed by atoms with Crippen LogP contribution in [0, 0.1) is 0 Å². The summed E-state index contributed by atoms with van der Waals surface area (Å²) in [5.74, 6) is 1.83. The molecule has 38 heavy (non-hydrogen) atoms. The van der Waals surface area contributed by atoms with Crippen molar-refractivity contribution in [2.45, 2.75) is 18.1 Å². The summed E-state index contributed by atoms with van der Waals surface area (Å²) in [5.41, 5.74) is 1.02. The highest BCUT2D eigenvalue weighted by Crippen LogP contribution is 2.46. The average molecular weight is 560 g/mol. The summed E-state index contributed by atoms with van der Waals surface area (Å²) in [5, 5.41) is 12.0. The van der Waals surface area contributed by atoms with Crippen molar-refractivity contribution in [1.82, 2.24) is 15.3 Å². The third-order valence-electron chi connectivity index (χ3n) is 6.45. The first kappa shape index (κ1) is 26.3. The number of nitrogens with one attached hydrogen (secondary N) is 3. The predicted molar refractivity (Wildman–Crippen MR) is 147 cm³/mol. The van der Waals surface area contributed by atoms with Gasteiger partial charge in [0.05, 0.1) is 74.5 Å². The molecule has 2 aromatic heterocycles. The lowest BCUT2D eigenvalue weighted by molar-refractivity contribution is -0.117. The molecule has 4 heterocycles. The molecule has 2 saturated heterocycles. The molecule has 0 bridgehead atoms. The molecule has 2 aliphatic heterocycles. The molecule has 1 aromatic carbocycles. The zero-order valence-electron chi connectivity index (χ0n) is 20.8. The maximum Gasteiger partial charge on any atom is 0.243 e. The Morgan fingerprint density at radius 1 is 1.03 bits per heavy atom. The Morgan fingerprint density at radius 3 is 2.34 bits per heavy atom. The Morgan fingerprint density at radius 2 is 1.71 bits per heavy atom. The Bertz CT molecular complexity index is 1360. The van der Waals surface area contributed by atoms with E-state index in [2.05, 4.69) is 27.5 Å². The second-order valence-corrected chi connectivity index (χ2v) is 9.67. The second kappa shape index (κ2) is 11.2. The van der Waals surface area contributed by atoms with Crippen molar-refractivity contribution in [3.8, 4) is 22.8 Å². The van der Waals surface area contributed by atoms with Crippen LogP contribution in [-0.4, -0.2) is 74.6 Å². The first-order valence-corrected chi connectivity index (χ1v) is 12.7. The number of carbonyl (C=O) groups is 1. The fourth-order valence-corrected chi connectivity index (χ4v) is 5.05. The van der Waals surface area contributed by atoms with Gasteiger partial charge in [0.2, 0.25) is 5.91 Å². The van der Waals surface area contributed by atoms with E-state index in [0.29, 0.717) is 70.9 Å². The highest BCUT2D eigenvalue weighted by atomic mass is 35.5. The van der Waals surface area contributed by atoms with Crippen molar-refractivity contribution < 1.29 is 23.7 Å². The molecule has 10 nitrogen and oxygen atoms in total. The van der Waals surface area contributed by atoms with E-state index in [0.717, 1.165) is 10.8 Å². The Hall–Kier alpha value is -3.31. The molecule has 200 valence electrons. The Balaban J connectivity index is 1.55. The fraction of sp³-hybridized carbons (Fsp3) is 0.346. The fourth-order valence-electron chi connectivity index (χ4n) is 4.36. The zero-order chi connectivity index (χ0) is 26.8. The molecule has 2 unspecified atom stereocenters. The highest BCUT2D eigenvalue weighted by molar-refractivity contribution is 6.41. The highest BCUT2D eigenvalue weighted by Gasteiger charge is 2.30. The molecular formula is C26H27Cl2N5O5. The number of halogens is 2. The van der Waals surface area contributed by atoms with Crippen LogP contribution in [0.4, 0.5) is 11.6 Å². The topological polar surface area (TPSA) is 116 Å². The molecule has 3 aromatic rings. The molecule has 2 atom stereocenters. The van der Waals surface area contributed by atoms with Gasteiger partial charge in [-0.1, -0.05) is 29.8 Å². The van der Waals surface area contributed by atoms with E-state index in [1.807, 2.05) is 12.1 Å². The quantitative estimate of drug-likeness (QED) is 0.335. The van der Waals surface area contributed by atoms with E-state index in [4.69, 9.17) is 47.1 Å². The number of nitrogens with zero attached hydrogens (tertiary/aromatic N) is 2. The van der Waals surface area contributed by atoms with Gasteiger partial charge >= 0.3 is 0 Å². The normalized spacial score (nSPS) is 19.1. The van der Waals surface area contributed by atoms with Gasteiger partial charge in [-0.2, -0.15) is 0 Å². The SMILES string of the molecule is C=CC(=O)NC1COCC1Nc1cc2c(NC3COC3)nc(-c3c(Cl)c(OC)cc(OC)c3Cl)cc2cn1. The Labute approximate surface area is 229 Å². The molecule has 3 N–H and O–H groups in total. The van der Waals surface area contributed by atoms with Gasteiger partial charge in [0, 0.05) is 28.6 Å². The van der Waals surface area contributed by atoms with Crippen LogP contribution < -0.4 is 25.4 Å². The number of hydrogen-bond donors (Lipinski definition) is 3. The molecule has 2 fully saturated rings. The molecular weight excluding hydrogens is 533 g/mol. The third-order valence-corrected chi connectivity index (χ3v) is 7.20. The zero-order valence-corrected chi connectivity index (χ0v) is 22.4. The maximum atomic E-state index is 11.8. The van der Waals surface area contributed by atoms with Crippen LogP contribution in [0.15, 0.2) is 37.1 Å². The van der Waals surface area contributed by atoms with Crippen LogP contribution in [0.3, 0.4) is 0 Å². The van der Waals surface area contributed by atoms with Crippen molar-refractivity contribution in [3.05, 3.63) is 47.1 Å². The van der Waals surface area contributed by atoms with Gasteiger partial charge in [-0.25, -0.2) is 9.97 Å². The number of fused-ring (bicyclic) bond motifs is 1. The number of amides is 1. The van der Waals surface area contributed by atoms with Crippen LogP contribution >= 0.6 is 23.2 Å². The van der Waals surface area contributed by atoms with Gasteiger partial charge in [0.1, 0.15) is 23.1 Å².